The number of carbonyl (C=O) groups excluding carboxylic acids is 1. The van der Waals surface area contributed by atoms with E-state index in [0.717, 1.165) is 18.5 Å². The molecule has 0 saturated carbocycles. The topological polar surface area (TPSA) is 32.3 Å². The average molecular weight is 260 g/mol. The van der Waals surface area contributed by atoms with Crippen molar-refractivity contribution in [3.05, 3.63) is 29.3 Å². The first kappa shape index (κ1) is 13.9. The van der Waals surface area contributed by atoms with E-state index in [2.05, 4.69) is 33.0 Å². The van der Waals surface area contributed by atoms with E-state index in [-0.39, 0.29) is 17.4 Å². The molecule has 1 aromatic rings. The SMILES string of the molecule is CC(N(C)C(=O)c1ccc2c(c1)CCN2)C(C)(C)C. The Morgan fingerprint density at radius 1 is 1.37 bits per heavy atom. The first-order chi connectivity index (χ1) is 8.80. The number of hydrogen-bond donors (Lipinski definition) is 1. The van der Waals surface area contributed by atoms with Crippen molar-refractivity contribution in [3.8, 4) is 0 Å². The van der Waals surface area contributed by atoms with Gasteiger partial charge in [0.25, 0.3) is 5.91 Å². The number of anilines is 1. The van der Waals surface area contributed by atoms with Crippen molar-refractivity contribution in [2.24, 2.45) is 5.41 Å². The summed E-state index contributed by atoms with van der Waals surface area (Å²) in [5.74, 6) is 0.108. The van der Waals surface area contributed by atoms with Gasteiger partial charge in [-0.25, -0.2) is 0 Å². The Hall–Kier alpha value is -1.51. The Morgan fingerprint density at radius 3 is 2.68 bits per heavy atom. The van der Waals surface area contributed by atoms with E-state index in [0.29, 0.717) is 0 Å². The summed E-state index contributed by atoms with van der Waals surface area (Å²) in [7, 11) is 1.89. The van der Waals surface area contributed by atoms with Crippen molar-refractivity contribution in [1.29, 1.82) is 0 Å². The molecule has 3 heteroatoms. The van der Waals surface area contributed by atoms with E-state index < -0.39 is 0 Å². The zero-order chi connectivity index (χ0) is 14.2. The van der Waals surface area contributed by atoms with Crippen LogP contribution in [0, 0.1) is 5.41 Å². The van der Waals surface area contributed by atoms with Gasteiger partial charge in [-0.15, -0.1) is 0 Å². The Morgan fingerprint density at radius 2 is 2.05 bits per heavy atom. The van der Waals surface area contributed by atoms with E-state index in [4.69, 9.17) is 0 Å². The van der Waals surface area contributed by atoms with Crippen molar-refractivity contribution >= 4 is 11.6 Å². The van der Waals surface area contributed by atoms with E-state index in [1.165, 1.54) is 11.3 Å². The van der Waals surface area contributed by atoms with Gasteiger partial charge in [-0.1, -0.05) is 20.8 Å². The van der Waals surface area contributed by atoms with Gasteiger partial charge in [0.2, 0.25) is 0 Å². The van der Waals surface area contributed by atoms with Crippen LogP contribution in [0.15, 0.2) is 18.2 Å². The molecule has 1 atom stereocenters. The van der Waals surface area contributed by atoms with Gasteiger partial charge < -0.3 is 10.2 Å². The van der Waals surface area contributed by atoms with Crippen molar-refractivity contribution < 1.29 is 4.79 Å². The molecule has 2 rings (SSSR count). The third-order valence-electron chi connectivity index (χ3n) is 4.22. The van der Waals surface area contributed by atoms with Crippen LogP contribution in [0.5, 0.6) is 0 Å². The minimum atomic E-state index is 0.0860. The molecule has 1 aliphatic rings. The zero-order valence-electron chi connectivity index (χ0n) is 12.6. The van der Waals surface area contributed by atoms with Crippen LogP contribution in [0.2, 0.25) is 0 Å². The minimum Gasteiger partial charge on any atom is -0.384 e. The molecule has 0 bridgehead atoms. The summed E-state index contributed by atoms with van der Waals surface area (Å²) in [4.78, 5) is 14.4. The molecule has 0 aromatic heterocycles. The molecule has 1 aliphatic heterocycles. The van der Waals surface area contributed by atoms with Gasteiger partial charge >= 0.3 is 0 Å². The Balaban J connectivity index is 2.20. The Kier molecular flexibility index (Phi) is 3.57. The lowest BCUT2D eigenvalue weighted by Crippen LogP contribution is -2.42. The molecule has 0 radical (unpaired) electrons. The molecular weight excluding hydrogens is 236 g/mol. The standard InChI is InChI=1S/C16H24N2O/c1-11(16(2,3)4)18(5)15(19)13-6-7-14-12(10-13)8-9-17-14/h6-7,10-11,17H,8-9H2,1-5H3. The van der Waals surface area contributed by atoms with Gasteiger partial charge in [-0.05, 0) is 42.5 Å². The number of benzene rings is 1. The molecule has 0 aliphatic carbocycles. The highest BCUT2D eigenvalue weighted by Gasteiger charge is 2.28. The summed E-state index contributed by atoms with van der Waals surface area (Å²) >= 11 is 0. The highest BCUT2D eigenvalue weighted by atomic mass is 16.2. The molecule has 19 heavy (non-hydrogen) atoms. The van der Waals surface area contributed by atoms with E-state index >= 15 is 0 Å². The molecule has 1 unspecified atom stereocenters. The molecular formula is C16H24N2O. The third-order valence-corrected chi connectivity index (χ3v) is 4.22. The van der Waals surface area contributed by atoms with Gasteiger partial charge in [0, 0.05) is 30.9 Å². The number of carbonyl (C=O) groups is 1. The number of rotatable bonds is 2. The van der Waals surface area contributed by atoms with Crippen LogP contribution in [-0.4, -0.2) is 30.4 Å². The molecule has 1 aromatic carbocycles. The predicted molar refractivity (Wildman–Crippen MR) is 79.6 cm³/mol. The molecule has 1 N–H and O–H groups in total. The molecule has 1 heterocycles. The summed E-state index contributed by atoms with van der Waals surface area (Å²) in [5, 5.41) is 3.32. The van der Waals surface area contributed by atoms with E-state index in [1.807, 2.05) is 30.1 Å². The second-order valence-electron chi connectivity index (χ2n) is 6.51. The molecule has 0 saturated heterocycles. The third kappa shape index (κ3) is 2.75. The number of hydrogen-bond acceptors (Lipinski definition) is 2. The Bertz CT molecular complexity index is 488. The van der Waals surface area contributed by atoms with Crippen LogP contribution in [0.3, 0.4) is 0 Å². The lowest BCUT2D eigenvalue weighted by atomic mass is 9.87. The highest BCUT2D eigenvalue weighted by molar-refractivity contribution is 5.95. The van der Waals surface area contributed by atoms with Crippen LogP contribution in [-0.2, 0) is 6.42 Å². The van der Waals surface area contributed by atoms with E-state index in [9.17, 15) is 4.79 Å². The van der Waals surface area contributed by atoms with E-state index in [1.54, 1.807) is 0 Å². The Labute approximate surface area is 116 Å². The normalized spacial score (nSPS) is 15.6. The fourth-order valence-corrected chi connectivity index (χ4v) is 2.40. The van der Waals surface area contributed by atoms with Crippen LogP contribution in [0.4, 0.5) is 5.69 Å². The first-order valence-electron chi connectivity index (χ1n) is 6.94. The van der Waals surface area contributed by atoms with Gasteiger partial charge in [0.1, 0.15) is 0 Å². The maximum absolute atomic E-state index is 12.5. The summed E-state index contributed by atoms with van der Waals surface area (Å²) in [6.45, 7) is 9.56. The fourth-order valence-electron chi connectivity index (χ4n) is 2.40. The smallest absolute Gasteiger partial charge is 0.253 e. The van der Waals surface area contributed by atoms with Gasteiger partial charge in [0.15, 0.2) is 0 Å². The van der Waals surface area contributed by atoms with Crippen LogP contribution < -0.4 is 5.32 Å². The lowest BCUT2D eigenvalue weighted by molar-refractivity contribution is 0.0629. The second kappa shape index (κ2) is 4.87. The predicted octanol–water partition coefficient (Wildman–Crippen LogP) is 3.16. The summed E-state index contributed by atoms with van der Waals surface area (Å²) in [5.41, 5.74) is 3.30. The van der Waals surface area contributed by atoms with Crippen molar-refractivity contribution in [2.45, 2.75) is 40.2 Å². The molecule has 104 valence electrons. The zero-order valence-corrected chi connectivity index (χ0v) is 12.6. The first-order valence-corrected chi connectivity index (χ1v) is 6.94. The number of fused-ring (bicyclic) bond motifs is 1. The summed E-state index contributed by atoms with van der Waals surface area (Å²) < 4.78 is 0. The average Bonchev–Trinajstić information content (AvgIpc) is 2.82. The maximum atomic E-state index is 12.5. The quantitative estimate of drug-likeness (QED) is 0.886. The monoisotopic (exact) mass is 260 g/mol. The van der Waals surface area contributed by atoms with Gasteiger partial charge in [0.05, 0.1) is 0 Å². The van der Waals surface area contributed by atoms with Crippen molar-refractivity contribution in [2.75, 3.05) is 18.9 Å². The fraction of sp³-hybridized carbons (Fsp3) is 0.562. The van der Waals surface area contributed by atoms with Crippen LogP contribution in [0.1, 0.15) is 43.6 Å². The minimum absolute atomic E-state index is 0.0860. The number of nitrogens with zero attached hydrogens (tertiary/aromatic N) is 1. The second-order valence-corrected chi connectivity index (χ2v) is 6.51. The van der Waals surface area contributed by atoms with Crippen molar-refractivity contribution in [3.63, 3.8) is 0 Å². The molecule has 3 nitrogen and oxygen atoms in total. The molecule has 0 fully saturated rings. The van der Waals surface area contributed by atoms with Crippen LogP contribution >= 0.6 is 0 Å². The van der Waals surface area contributed by atoms with Crippen molar-refractivity contribution in [1.82, 2.24) is 4.90 Å². The largest absolute Gasteiger partial charge is 0.384 e. The number of amides is 1. The lowest BCUT2D eigenvalue weighted by Gasteiger charge is -2.35. The van der Waals surface area contributed by atoms with Crippen LogP contribution in [0.25, 0.3) is 0 Å². The van der Waals surface area contributed by atoms with Gasteiger partial charge in [-0.3, -0.25) is 4.79 Å². The molecule has 1 amide bonds. The maximum Gasteiger partial charge on any atom is 0.253 e. The summed E-state index contributed by atoms with van der Waals surface area (Å²) in [6.07, 6.45) is 1.01. The van der Waals surface area contributed by atoms with Gasteiger partial charge in [-0.2, -0.15) is 0 Å². The summed E-state index contributed by atoms with van der Waals surface area (Å²) in [6, 6.07) is 6.17. The molecule has 0 spiro atoms. The highest BCUT2D eigenvalue weighted by Crippen LogP contribution is 2.26. The number of nitrogens with one attached hydrogen (secondary N) is 1.